The van der Waals surface area contributed by atoms with Gasteiger partial charge in [0, 0.05) is 58.9 Å². The molecular formula is C29H26N4O2. The van der Waals surface area contributed by atoms with Crippen molar-refractivity contribution in [1.82, 2.24) is 20.2 Å². The summed E-state index contributed by atoms with van der Waals surface area (Å²) in [6.45, 7) is 0.439. The van der Waals surface area contributed by atoms with E-state index in [1.165, 1.54) is 0 Å². The zero-order valence-corrected chi connectivity index (χ0v) is 19.4. The molecule has 0 radical (unpaired) electrons. The van der Waals surface area contributed by atoms with Gasteiger partial charge in [-0.2, -0.15) is 0 Å². The second-order valence-corrected chi connectivity index (χ2v) is 8.46. The van der Waals surface area contributed by atoms with Crippen LogP contribution in [0, 0.1) is 0 Å². The van der Waals surface area contributed by atoms with E-state index in [1.807, 2.05) is 72.5 Å². The van der Waals surface area contributed by atoms with Crippen LogP contribution in [-0.2, 0) is 18.3 Å². The van der Waals surface area contributed by atoms with E-state index in [0.29, 0.717) is 18.5 Å². The average molecular weight is 463 g/mol. The fourth-order valence-electron chi connectivity index (χ4n) is 4.33. The van der Waals surface area contributed by atoms with Gasteiger partial charge in [-0.05, 0) is 42.3 Å². The molecule has 0 unspecified atom stereocenters. The Morgan fingerprint density at radius 1 is 0.914 bits per heavy atom. The molecule has 0 aliphatic rings. The Bertz CT molecular complexity index is 1540. The van der Waals surface area contributed by atoms with Crippen LogP contribution in [0.15, 0.2) is 97.0 Å². The largest absolute Gasteiger partial charge is 0.361 e. The smallest absolute Gasteiger partial charge is 0.267 e. The lowest BCUT2D eigenvalue weighted by Crippen LogP contribution is -2.35. The van der Waals surface area contributed by atoms with Crippen molar-refractivity contribution >= 4 is 39.7 Å². The molecule has 35 heavy (non-hydrogen) atoms. The first-order valence-electron chi connectivity index (χ1n) is 11.6. The van der Waals surface area contributed by atoms with Crippen LogP contribution in [0.1, 0.15) is 21.5 Å². The second kappa shape index (κ2) is 9.73. The summed E-state index contributed by atoms with van der Waals surface area (Å²) in [6.07, 6.45) is 6.34. The third kappa shape index (κ3) is 4.73. The molecule has 6 nitrogen and oxygen atoms in total. The van der Waals surface area contributed by atoms with Gasteiger partial charge in [-0.25, -0.2) is 0 Å². The van der Waals surface area contributed by atoms with Crippen LogP contribution in [0.4, 0.5) is 0 Å². The van der Waals surface area contributed by atoms with Crippen LogP contribution in [0.3, 0.4) is 0 Å². The molecule has 2 heterocycles. The lowest BCUT2D eigenvalue weighted by atomic mass is 10.1. The molecule has 3 aromatic carbocycles. The van der Waals surface area contributed by atoms with Crippen LogP contribution >= 0.6 is 0 Å². The molecule has 2 aromatic heterocycles. The van der Waals surface area contributed by atoms with Crippen LogP contribution < -0.4 is 10.6 Å². The molecule has 0 aliphatic carbocycles. The number of aromatic amines is 1. The molecule has 0 saturated carbocycles. The number of amides is 2. The summed E-state index contributed by atoms with van der Waals surface area (Å²) in [5, 5.41) is 7.95. The highest BCUT2D eigenvalue weighted by Crippen LogP contribution is 2.22. The molecule has 0 bridgehead atoms. The molecule has 0 fully saturated rings. The summed E-state index contributed by atoms with van der Waals surface area (Å²) in [4.78, 5) is 29.4. The van der Waals surface area contributed by atoms with E-state index in [-0.39, 0.29) is 17.5 Å². The zero-order chi connectivity index (χ0) is 24.2. The van der Waals surface area contributed by atoms with Crippen LogP contribution in [0.2, 0.25) is 0 Å². The number of carbonyl (C=O) groups excluding carboxylic acids is 2. The summed E-state index contributed by atoms with van der Waals surface area (Å²) in [7, 11) is 1.96. The SMILES string of the molecule is Cn1cc(C=C(NC(=O)c2ccccc2)C(=O)NCCc2c[nH]c3ccccc23)c2ccccc21. The number of rotatable bonds is 7. The molecule has 0 aliphatic heterocycles. The highest BCUT2D eigenvalue weighted by atomic mass is 16.2. The Balaban J connectivity index is 1.39. The van der Waals surface area contributed by atoms with Crippen molar-refractivity contribution in [3.8, 4) is 0 Å². The van der Waals surface area contributed by atoms with Gasteiger partial charge in [0.1, 0.15) is 5.70 Å². The van der Waals surface area contributed by atoms with E-state index in [0.717, 1.165) is 32.9 Å². The van der Waals surface area contributed by atoms with Gasteiger partial charge in [-0.1, -0.05) is 54.6 Å². The molecule has 3 N–H and O–H groups in total. The maximum absolute atomic E-state index is 13.2. The Kier molecular flexibility index (Phi) is 6.18. The molecule has 0 atom stereocenters. The van der Waals surface area contributed by atoms with Gasteiger partial charge in [-0.15, -0.1) is 0 Å². The number of nitrogens with zero attached hydrogens (tertiary/aromatic N) is 1. The minimum Gasteiger partial charge on any atom is -0.361 e. The van der Waals surface area contributed by atoms with Crippen molar-refractivity contribution in [3.63, 3.8) is 0 Å². The first-order chi connectivity index (χ1) is 17.1. The summed E-state index contributed by atoms with van der Waals surface area (Å²) >= 11 is 0. The van der Waals surface area contributed by atoms with Gasteiger partial charge in [0.25, 0.3) is 11.8 Å². The van der Waals surface area contributed by atoms with Crippen LogP contribution in [-0.4, -0.2) is 27.9 Å². The predicted octanol–water partition coefficient (Wildman–Crippen LogP) is 4.79. The van der Waals surface area contributed by atoms with Crippen molar-refractivity contribution in [2.24, 2.45) is 7.05 Å². The number of aromatic nitrogens is 2. The highest BCUT2D eigenvalue weighted by Gasteiger charge is 2.16. The Morgan fingerprint density at radius 2 is 1.63 bits per heavy atom. The second-order valence-electron chi connectivity index (χ2n) is 8.46. The van der Waals surface area contributed by atoms with Gasteiger partial charge < -0.3 is 20.2 Å². The molecule has 5 rings (SSSR count). The van der Waals surface area contributed by atoms with Crippen LogP contribution in [0.25, 0.3) is 27.9 Å². The van der Waals surface area contributed by atoms with Crippen LogP contribution in [0.5, 0.6) is 0 Å². The van der Waals surface area contributed by atoms with Gasteiger partial charge in [0.15, 0.2) is 0 Å². The first kappa shape index (κ1) is 22.2. The van der Waals surface area contributed by atoms with Gasteiger partial charge >= 0.3 is 0 Å². The Morgan fingerprint density at radius 3 is 2.46 bits per heavy atom. The Labute approximate surface area is 203 Å². The standard InChI is InChI=1S/C29H26N4O2/c1-33-19-22(24-12-6-8-14-27(24)33)17-26(32-28(34)20-9-3-2-4-10-20)29(35)30-16-15-21-18-31-25-13-7-5-11-23(21)25/h2-14,17-19,31H,15-16H2,1H3,(H,30,35)(H,32,34). The first-order valence-corrected chi connectivity index (χ1v) is 11.6. The summed E-state index contributed by atoms with van der Waals surface area (Å²) in [6, 6.07) is 24.9. The van der Waals surface area contributed by atoms with E-state index >= 15 is 0 Å². The maximum Gasteiger partial charge on any atom is 0.267 e. The third-order valence-corrected chi connectivity index (χ3v) is 6.11. The lowest BCUT2D eigenvalue weighted by Gasteiger charge is -2.11. The minimum absolute atomic E-state index is 0.203. The predicted molar refractivity (Wildman–Crippen MR) is 140 cm³/mol. The fraction of sp³-hybridized carbons (Fsp3) is 0.103. The van der Waals surface area contributed by atoms with E-state index in [9.17, 15) is 9.59 Å². The third-order valence-electron chi connectivity index (χ3n) is 6.11. The number of hydrogen-bond acceptors (Lipinski definition) is 2. The number of para-hydroxylation sites is 2. The number of aryl methyl sites for hydroxylation is 1. The number of nitrogens with one attached hydrogen (secondary N) is 3. The fourth-order valence-corrected chi connectivity index (χ4v) is 4.33. The molecule has 0 spiro atoms. The van der Waals surface area contributed by atoms with Crippen molar-refractivity contribution in [3.05, 3.63) is 114 Å². The summed E-state index contributed by atoms with van der Waals surface area (Å²) < 4.78 is 2.01. The number of carbonyl (C=O) groups is 2. The summed E-state index contributed by atoms with van der Waals surface area (Å²) in [5.74, 6) is -0.661. The van der Waals surface area contributed by atoms with E-state index in [2.05, 4.69) is 21.7 Å². The van der Waals surface area contributed by atoms with Gasteiger partial charge in [0.05, 0.1) is 0 Å². The highest BCUT2D eigenvalue weighted by molar-refractivity contribution is 6.06. The molecule has 6 heteroatoms. The topological polar surface area (TPSA) is 78.9 Å². The van der Waals surface area contributed by atoms with Crippen molar-refractivity contribution < 1.29 is 9.59 Å². The van der Waals surface area contributed by atoms with Crippen molar-refractivity contribution in [2.75, 3.05) is 6.54 Å². The minimum atomic E-state index is -0.331. The van der Waals surface area contributed by atoms with Gasteiger partial charge in [0.2, 0.25) is 0 Å². The zero-order valence-electron chi connectivity index (χ0n) is 19.4. The quantitative estimate of drug-likeness (QED) is 0.304. The van der Waals surface area contributed by atoms with Crippen molar-refractivity contribution in [1.29, 1.82) is 0 Å². The number of hydrogen-bond donors (Lipinski definition) is 3. The lowest BCUT2D eigenvalue weighted by molar-refractivity contribution is -0.117. The molecule has 0 saturated heterocycles. The molecule has 5 aromatic rings. The number of benzene rings is 3. The normalized spacial score (nSPS) is 11.6. The molecule has 174 valence electrons. The number of H-pyrrole nitrogens is 1. The molecule has 2 amide bonds. The monoisotopic (exact) mass is 462 g/mol. The van der Waals surface area contributed by atoms with E-state index in [4.69, 9.17) is 0 Å². The average Bonchev–Trinajstić information content (AvgIpc) is 3.45. The maximum atomic E-state index is 13.2. The van der Waals surface area contributed by atoms with E-state index in [1.54, 1.807) is 30.3 Å². The van der Waals surface area contributed by atoms with Crippen molar-refractivity contribution in [2.45, 2.75) is 6.42 Å². The molecular weight excluding hydrogens is 436 g/mol. The van der Waals surface area contributed by atoms with E-state index < -0.39 is 0 Å². The number of fused-ring (bicyclic) bond motifs is 2. The summed E-state index contributed by atoms with van der Waals surface area (Å²) in [5.41, 5.74) is 4.80. The van der Waals surface area contributed by atoms with Gasteiger partial charge in [-0.3, -0.25) is 9.59 Å². The Hall–Kier alpha value is -4.58.